The third kappa shape index (κ3) is 4.38. The van der Waals surface area contributed by atoms with E-state index in [0.717, 1.165) is 36.8 Å². The SMILES string of the molecule is CC(=O)N[C@H]1CCCN(C(=O)COc2ccc3c(c2)CCCC3=O)C1. The highest BCUT2D eigenvalue weighted by Gasteiger charge is 2.24. The fourth-order valence-corrected chi connectivity index (χ4v) is 3.56. The number of carbonyl (C=O) groups excluding carboxylic acids is 3. The van der Waals surface area contributed by atoms with Gasteiger partial charge >= 0.3 is 0 Å². The maximum absolute atomic E-state index is 12.4. The van der Waals surface area contributed by atoms with E-state index in [2.05, 4.69) is 5.32 Å². The average Bonchev–Trinajstić information content (AvgIpc) is 2.59. The summed E-state index contributed by atoms with van der Waals surface area (Å²) in [6.45, 7) is 2.68. The van der Waals surface area contributed by atoms with Crippen molar-refractivity contribution < 1.29 is 19.1 Å². The van der Waals surface area contributed by atoms with E-state index in [4.69, 9.17) is 4.74 Å². The third-order valence-electron chi connectivity index (χ3n) is 4.77. The smallest absolute Gasteiger partial charge is 0.260 e. The first-order chi connectivity index (χ1) is 12.0. The van der Waals surface area contributed by atoms with Crippen LogP contribution in [-0.2, 0) is 16.0 Å². The lowest BCUT2D eigenvalue weighted by Crippen LogP contribution is -2.50. The van der Waals surface area contributed by atoms with E-state index < -0.39 is 0 Å². The summed E-state index contributed by atoms with van der Waals surface area (Å²) in [5.41, 5.74) is 1.78. The van der Waals surface area contributed by atoms with Gasteiger partial charge < -0.3 is 15.0 Å². The average molecular weight is 344 g/mol. The number of amides is 2. The van der Waals surface area contributed by atoms with Crippen LogP contribution in [0.15, 0.2) is 18.2 Å². The molecule has 0 bridgehead atoms. The zero-order chi connectivity index (χ0) is 17.8. The summed E-state index contributed by atoms with van der Waals surface area (Å²) in [6, 6.07) is 5.44. The quantitative estimate of drug-likeness (QED) is 0.902. The number of benzene rings is 1. The molecule has 0 aromatic heterocycles. The van der Waals surface area contributed by atoms with Crippen LogP contribution in [0.25, 0.3) is 0 Å². The molecule has 1 N–H and O–H groups in total. The zero-order valence-corrected chi connectivity index (χ0v) is 14.5. The van der Waals surface area contributed by atoms with Gasteiger partial charge in [-0.1, -0.05) is 0 Å². The van der Waals surface area contributed by atoms with Crippen molar-refractivity contribution in [2.75, 3.05) is 19.7 Å². The first-order valence-electron chi connectivity index (χ1n) is 8.87. The van der Waals surface area contributed by atoms with Crippen LogP contribution < -0.4 is 10.1 Å². The summed E-state index contributed by atoms with van der Waals surface area (Å²) in [4.78, 5) is 37.1. The number of fused-ring (bicyclic) bond motifs is 1. The van der Waals surface area contributed by atoms with Gasteiger partial charge in [0.05, 0.1) is 0 Å². The Morgan fingerprint density at radius 1 is 1.28 bits per heavy atom. The van der Waals surface area contributed by atoms with Crippen LogP contribution in [-0.4, -0.2) is 48.2 Å². The van der Waals surface area contributed by atoms with Gasteiger partial charge in [-0.2, -0.15) is 0 Å². The van der Waals surface area contributed by atoms with Crippen molar-refractivity contribution >= 4 is 17.6 Å². The van der Waals surface area contributed by atoms with Gasteiger partial charge in [-0.25, -0.2) is 0 Å². The Kier molecular flexibility index (Phi) is 5.36. The summed E-state index contributed by atoms with van der Waals surface area (Å²) in [5, 5.41) is 2.87. The summed E-state index contributed by atoms with van der Waals surface area (Å²) < 4.78 is 5.65. The van der Waals surface area contributed by atoms with E-state index in [1.54, 1.807) is 17.0 Å². The number of piperidine rings is 1. The van der Waals surface area contributed by atoms with E-state index in [1.807, 2.05) is 6.07 Å². The molecule has 6 heteroatoms. The van der Waals surface area contributed by atoms with E-state index in [0.29, 0.717) is 25.3 Å². The number of hydrogen-bond acceptors (Lipinski definition) is 4. The first kappa shape index (κ1) is 17.5. The molecule has 0 spiro atoms. The molecular weight excluding hydrogens is 320 g/mol. The highest BCUT2D eigenvalue weighted by molar-refractivity contribution is 5.98. The molecule has 1 aromatic rings. The van der Waals surface area contributed by atoms with Crippen molar-refractivity contribution in [2.24, 2.45) is 0 Å². The highest BCUT2D eigenvalue weighted by Crippen LogP contribution is 2.25. The highest BCUT2D eigenvalue weighted by atomic mass is 16.5. The molecular formula is C19H24N2O4. The van der Waals surface area contributed by atoms with Crippen LogP contribution in [0.5, 0.6) is 5.75 Å². The van der Waals surface area contributed by atoms with Crippen LogP contribution in [0.4, 0.5) is 0 Å². The Labute approximate surface area is 147 Å². The number of nitrogens with zero attached hydrogens (tertiary/aromatic N) is 1. The van der Waals surface area contributed by atoms with Crippen LogP contribution in [0.3, 0.4) is 0 Å². The van der Waals surface area contributed by atoms with Crippen LogP contribution in [0, 0.1) is 0 Å². The van der Waals surface area contributed by atoms with E-state index in [1.165, 1.54) is 6.92 Å². The number of ether oxygens (including phenoxy) is 1. The maximum Gasteiger partial charge on any atom is 0.260 e. The van der Waals surface area contributed by atoms with Crippen molar-refractivity contribution in [1.82, 2.24) is 10.2 Å². The number of likely N-dealkylation sites (tertiary alicyclic amines) is 1. The van der Waals surface area contributed by atoms with Gasteiger partial charge in [0, 0.05) is 38.0 Å². The fourth-order valence-electron chi connectivity index (χ4n) is 3.56. The topological polar surface area (TPSA) is 75.7 Å². The minimum absolute atomic E-state index is 0.0185. The second-order valence-corrected chi connectivity index (χ2v) is 6.76. The molecule has 2 aliphatic rings. The Bertz CT molecular complexity index is 686. The molecule has 0 saturated carbocycles. The zero-order valence-electron chi connectivity index (χ0n) is 14.5. The molecule has 1 aromatic carbocycles. The molecule has 1 aliphatic heterocycles. The van der Waals surface area contributed by atoms with Gasteiger partial charge in [-0.15, -0.1) is 0 Å². The van der Waals surface area contributed by atoms with Crippen molar-refractivity contribution in [3.8, 4) is 5.75 Å². The molecule has 1 aliphatic carbocycles. The molecule has 1 saturated heterocycles. The molecule has 1 heterocycles. The Hall–Kier alpha value is -2.37. The number of Topliss-reactive ketones (excluding diaryl/α,β-unsaturated/α-hetero) is 1. The van der Waals surface area contributed by atoms with Crippen LogP contribution in [0.2, 0.25) is 0 Å². The molecule has 2 amide bonds. The Morgan fingerprint density at radius 2 is 2.12 bits per heavy atom. The molecule has 1 atom stereocenters. The monoisotopic (exact) mass is 344 g/mol. The molecule has 0 unspecified atom stereocenters. The number of nitrogens with one attached hydrogen (secondary N) is 1. The predicted molar refractivity (Wildman–Crippen MR) is 92.6 cm³/mol. The summed E-state index contributed by atoms with van der Waals surface area (Å²) >= 11 is 0. The predicted octanol–water partition coefficient (Wildman–Crippen LogP) is 1.71. The van der Waals surface area contributed by atoms with E-state index >= 15 is 0 Å². The fraction of sp³-hybridized carbons (Fsp3) is 0.526. The third-order valence-corrected chi connectivity index (χ3v) is 4.77. The van der Waals surface area contributed by atoms with Crippen LogP contribution in [0.1, 0.15) is 48.5 Å². The largest absolute Gasteiger partial charge is 0.484 e. The van der Waals surface area contributed by atoms with Gasteiger partial charge in [0.1, 0.15) is 5.75 Å². The number of rotatable bonds is 4. The molecule has 134 valence electrons. The van der Waals surface area contributed by atoms with Gasteiger partial charge in [0.25, 0.3) is 5.91 Å². The molecule has 0 radical (unpaired) electrons. The van der Waals surface area contributed by atoms with Crippen molar-refractivity contribution in [1.29, 1.82) is 0 Å². The summed E-state index contributed by atoms with van der Waals surface area (Å²) in [6.07, 6.45) is 4.11. The second kappa shape index (κ2) is 7.68. The molecule has 1 fully saturated rings. The second-order valence-electron chi connectivity index (χ2n) is 6.76. The lowest BCUT2D eigenvalue weighted by atomic mass is 9.91. The van der Waals surface area contributed by atoms with E-state index in [-0.39, 0.29) is 30.2 Å². The Balaban J connectivity index is 1.55. The number of aryl methyl sites for hydroxylation is 1. The number of hydrogen-bond donors (Lipinski definition) is 1. The Morgan fingerprint density at radius 3 is 2.92 bits per heavy atom. The van der Waals surface area contributed by atoms with Gasteiger partial charge in [-0.3, -0.25) is 14.4 Å². The lowest BCUT2D eigenvalue weighted by Gasteiger charge is -2.33. The van der Waals surface area contributed by atoms with Crippen LogP contribution >= 0.6 is 0 Å². The van der Waals surface area contributed by atoms with Gasteiger partial charge in [-0.05, 0) is 49.4 Å². The molecule has 25 heavy (non-hydrogen) atoms. The van der Waals surface area contributed by atoms with Crippen molar-refractivity contribution in [2.45, 2.75) is 45.1 Å². The van der Waals surface area contributed by atoms with Gasteiger partial charge in [0.15, 0.2) is 12.4 Å². The minimum atomic E-state index is -0.0798. The normalized spacial score (nSPS) is 20.0. The van der Waals surface area contributed by atoms with Gasteiger partial charge in [0.2, 0.25) is 5.91 Å². The number of ketones is 1. The lowest BCUT2D eigenvalue weighted by molar-refractivity contribution is -0.135. The minimum Gasteiger partial charge on any atom is -0.484 e. The first-order valence-corrected chi connectivity index (χ1v) is 8.87. The van der Waals surface area contributed by atoms with Crippen molar-refractivity contribution in [3.63, 3.8) is 0 Å². The maximum atomic E-state index is 12.4. The van der Waals surface area contributed by atoms with E-state index in [9.17, 15) is 14.4 Å². The standard InChI is InChI=1S/C19H24N2O4/c1-13(22)20-15-5-3-9-21(11-15)19(24)12-25-16-7-8-17-14(10-16)4-2-6-18(17)23/h7-8,10,15H,2-6,9,11-12H2,1H3,(H,20,22)/t15-/m0/s1. The molecule has 3 rings (SSSR count). The summed E-state index contributed by atoms with van der Waals surface area (Å²) in [5.74, 6) is 0.654. The number of carbonyl (C=O) groups is 3. The van der Waals surface area contributed by atoms with Crippen molar-refractivity contribution in [3.05, 3.63) is 29.3 Å². The summed E-state index contributed by atoms with van der Waals surface area (Å²) in [7, 11) is 0. The molecule has 6 nitrogen and oxygen atoms in total.